The monoisotopic (exact) mass is 231 g/mol. The van der Waals surface area contributed by atoms with E-state index in [1.807, 2.05) is 0 Å². The fraction of sp³-hybridized carbons (Fsp3) is 0.625. The minimum Gasteiger partial charge on any atom is -0.291 e. The highest BCUT2D eigenvalue weighted by Gasteiger charge is 2.30. The van der Waals surface area contributed by atoms with E-state index in [1.165, 1.54) is 37.8 Å². The third-order valence-electron chi connectivity index (χ3n) is 3.80. The summed E-state index contributed by atoms with van der Waals surface area (Å²) in [5.41, 5.74) is 1.76. The first-order chi connectivity index (χ1) is 8.09. The zero-order valence-corrected chi connectivity index (χ0v) is 11.4. The SMILES string of the molecule is CC(C)(C)N1CCCCCC1c1ccccc1. The highest BCUT2D eigenvalue weighted by atomic mass is 15.2. The summed E-state index contributed by atoms with van der Waals surface area (Å²) in [5.74, 6) is 0. The minimum atomic E-state index is 0.269. The Hall–Kier alpha value is -0.820. The van der Waals surface area contributed by atoms with Crippen molar-refractivity contribution in [2.75, 3.05) is 6.54 Å². The van der Waals surface area contributed by atoms with E-state index in [4.69, 9.17) is 0 Å². The van der Waals surface area contributed by atoms with Crippen molar-refractivity contribution in [1.82, 2.24) is 4.90 Å². The molecule has 1 aliphatic rings. The van der Waals surface area contributed by atoms with Crippen molar-refractivity contribution in [3.05, 3.63) is 35.9 Å². The molecule has 2 rings (SSSR count). The molecule has 94 valence electrons. The second-order valence-electron chi connectivity index (χ2n) is 6.14. The molecule has 0 N–H and O–H groups in total. The highest BCUT2D eigenvalue weighted by Crippen LogP contribution is 2.34. The third-order valence-corrected chi connectivity index (χ3v) is 3.80. The van der Waals surface area contributed by atoms with E-state index >= 15 is 0 Å². The molecule has 1 unspecified atom stereocenters. The molecule has 1 aromatic carbocycles. The number of benzene rings is 1. The van der Waals surface area contributed by atoms with Gasteiger partial charge in [0.1, 0.15) is 0 Å². The number of hydrogen-bond donors (Lipinski definition) is 0. The summed E-state index contributed by atoms with van der Waals surface area (Å²) in [7, 11) is 0. The molecule has 17 heavy (non-hydrogen) atoms. The molecule has 1 atom stereocenters. The molecule has 0 bridgehead atoms. The molecule has 1 heteroatoms. The molecule has 0 aromatic heterocycles. The Morgan fingerprint density at radius 2 is 1.71 bits per heavy atom. The van der Waals surface area contributed by atoms with Crippen LogP contribution in [0.4, 0.5) is 0 Å². The second-order valence-corrected chi connectivity index (χ2v) is 6.14. The van der Waals surface area contributed by atoms with Crippen LogP contribution in [0.3, 0.4) is 0 Å². The predicted molar refractivity (Wildman–Crippen MR) is 74.1 cm³/mol. The van der Waals surface area contributed by atoms with Crippen LogP contribution in [0.25, 0.3) is 0 Å². The molecule has 0 spiro atoms. The van der Waals surface area contributed by atoms with E-state index in [2.05, 4.69) is 56.0 Å². The first kappa shape index (κ1) is 12.6. The maximum Gasteiger partial charge on any atom is 0.0353 e. The Morgan fingerprint density at radius 3 is 2.35 bits per heavy atom. The molecule has 1 aliphatic heterocycles. The van der Waals surface area contributed by atoms with Crippen LogP contribution < -0.4 is 0 Å². The largest absolute Gasteiger partial charge is 0.291 e. The van der Waals surface area contributed by atoms with Gasteiger partial charge in [-0.2, -0.15) is 0 Å². The zero-order chi connectivity index (χ0) is 12.3. The summed E-state index contributed by atoms with van der Waals surface area (Å²) in [6, 6.07) is 11.6. The van der Waals surface area contributed by atoms with Crippen LogP contribution in [0, 0.1) is 0 Å². The Balaban J connectivity index is 2.27. The molecule has 1 aromatic rings. The van der Waals surface area contributed by atoms with Crippen molar-refractivity contribution in [1.29, 1.82) is 0 Å². The smallest absolute Gasteiger partial charge is 0.0353 e. The van der Waals surface area contributed by atoms with Crippen LogP contribution in [-0.4, -0.2) is 17.0 Å². The van der Waals surface area contributed by atoms with Gasteiger partial charge in [-0.15, -0.1) is 0 Å². The average molecular weight is 231 g/mol. The van der Waals surface area contributed by atoms with Crippen LogP contribution in [0.1, 0.15) is 58.1 Å². The quantitative estimate of drug-likeness (QED) is 0.692. The Kier molecular flexibility index (Phi) is 3.88. The molecular weight excluding hydrogens is 206 g/mol. The number of rotatable bonds is 1. The van der Waals surface area contributed by atoms with E-state index in [0.29, 0.717) is 6.04 Å². The normalized spacial score (nSPS) is 23.4. The highest BCUT2D eigenvalue weighted by molar-refractivity contribution is 5.19. The topological polar surface area (TPSA) is 3.24 Å². The van der Waals surface area contributed by atoms with Crippen molar-refractivity contribution < 1.29 is 0 Å². The van der Waals surface area contributed by atoms with Gasteiger partial charge in [0, 0.05) is 11.6 Å². The molecule has 0 radical (unpaired) electrons. The van der Waals surface area contributed by atoms with Crippen LogP contribution >= 0.6 is 0 Å². The lowest BCUT2D eigenvalue weighted by molar-refractivity contribution is 0.0844. The molecule has 1 fully saturated rings. The molecule has 1 heterocycles. The Labute approximate surface area is 106 Å². The van der Waals surface area contributed by atoms with Crippen LogP contribution in [0.2, 0.25) is 0 Å². The fourth-order valence-corrected chi connectivity index (χ4v) is 2.93. The van der Waals surface area contributed by atoms with E-state index in [9.17, 15) is 0 Å². The lowest BCUT2D eigenvalue weighted by atomic mass is 9.96. The minimum absolute atomic E-state index is 0.269. The average Bonchev–Trinajstić information content (AvgIpc) is 2.54. The van der Waals surface area contributed by atoms with Crippen molar-refractivity contribution in [2.24, 2.45) is 0 Å². The molecular formula is C16H25N. The standard InChI is InChI=1S/C16H25N/c1-16(2,3)17-13-9-5-8-12-15(17)14-10-6-4-7-11-14/h4,6-7,10-11,15H,5,8-9,12-13H2,1-3H3. The summed E-state index contributed by atoms with van der Waals surface area (Å²) in [6.45, 7) is 8.26. The number of nitrogens with zero attached hydrogens (tertiary/aromatic N) is 1. The van der Waals surface area contributed by atoms with E-state index in [1.54, 1.807) is 0 Å². The first-order valence-electron chi connectivity index (χ1n) is 6.91. The number of likely N-dealkylation sites (tertiary alicyclic amines) is 1. The lowest BCUT2D eigenvalue weighted by Crippen LogP contribution is -2.43. The maximum absolute atomic E-state index is 2.69. The van der Waals surface area contributed by atoms with Crippen molar-refractivity contribution >= 4 is 0 Å². The van der Waals surface area contributed by atoms with Gasteiger partial charge in [0.05, 0.1) is 0 Å². The van der Waals surface area contributed by atoms with Crippen molar-refractivity contribution in [3.63, 3.8) is 0 Å². The summed E-state index contributed by atoms with van der Waals surface area (Å²) < 4.78 is 0. The van der Waals surface area contributed by atoms with Crippen molar-refractivity contribution in [2.45, 2.75) is 58.0 Å². The van der Waals surface area contributed by atoms with Crippen molar-refractivity contribution in [3.8, 4) is 0 Å². The van der Waals surface area contributed by atoms with E-state index in [0.717, 1.165) is 0 Å². The maximum atomic E-state index is 2.69. The molecule has 0 saturated carbocycles. The van der Waals surface area contributed by atoms with E-state index in [-0.39, 0.29) is 5.54 Å². The summed E-state index contributed by atoms with van der Waals surface area (Å²) in [4.78, 5) is 2.69. The predicted octanol–water partition coefficient (Wildman–Crippen LogP) is 4.40. The van der Waals surface area contributed by atoms with Gasteiger partial charge in [-0.25, -0.2) is 0 Å². The van der Waals surface area contributed by atoms with Gasteiger partial charge < -0.3 is 0 Å². The summed E-state index contributed by atoms with van der Waals surface area (Å²) in [5, 5.41) is 0. The van der Waals surface area contributed by atoms with Crippen LogP contribution in [-0.2, 0) is 0 Å². The van der Waals surface area contributed by atoms with Crippen LogP contribution in [0.5, 0.6) is 0 Å². The van der Waals surface area contributed by atoms with Gasteiger partial charge in [-0.3, -0.25) is 4.90 Å². The second kappa shape index (κ2) is 5.22. The molecule has 1 saturated heterocycles. The summed E-state index contributed by atoms with van der Waals surface area (Å²) in [6.07, 6.45) is 5.41. The van der Waals surface area contributed by atoms with Gasteiger partial charge >= 0.3 is 0 Å². The van der Waals surface area contributed by atoms with Gasteiger partial charge in [0.25, 0.3) is 0 Å². The number of hydrogen-bond acceptors (Lipinski definition) is 1. The Morgan fingerprint density at radius 1 is 1.00 bits per heavy atom. The molecule has 1 nitrogen and oxygen atoms in total. The lowest BCUT2D eigenvalue weighted by Gasteiger charge is -2.41. The fourth-order valence-electron chi connectivity index (χ4n) is 2.93. The molecule has 0 amide bonds. The Bertz CT molecular complexity index is 336. The van der Waals surface area contributed by atoms with E-state index < -0.39 is 0 Å². The zero-order valence-electron chi connectivity index (χ0n) is 11.4. The van der Waals surface area contributed by atoms with Gasteiger partial charge in [0.2, 0.25) is 0 Å². The van der Waals surface area contributed by atoms with Gasteiger partial charge in [-0.05, 0) is 45.7 Å². The third kappa shape index (κ3) is 3.10. The molecule has 0 aliphatic carbocycles. The summed E-state index contributed by atoms with van der Waals surface area (Å²) >= 11 is 0. The van der Waals surface area contributed by atoms with Gasteiger partial charge in [0.15, 0.2) is 0 Å². The first-order valence-corrected chi connectivity index (χ1v) is 6.91. The van der Waals surface area contributed by atoms with Gasteiger partial charge in [-0.1, -0.05) is 43.2 Å². The van der Waals surface area contributed by atoms with Crippen LogP contribution in [0.15, 0.2) is 30.3 Å².